The minimum absolute atomic E-state index is 0.600. The average molecular weight is 532 g/mol. The Balaban J connectivity index is 1.28. The molecule has 0 atom stereocenters. The van der Waals surface area contributed by atoms with Gasteiger partial charge in [-0.15, -0.1) is 0 Å². The molecule has 0 radical (unpaired) electrons. The van der Waals surface area contributed by atoms with Gasteiger partial charge in [0.2, 0.25) is 0 Å². The van der Waals surface area contributed by atoms with Gasteiger partial charge in [0.25, 0.3) is 0 Å². The number of nitrogens with zero attached hydrogens (tertiary/aromatic N) is 5. The van der Waals surface area contributed by atoms with Crippen LogP contribution in [0.1, 0.15) is 51.0 Å². The highest BCUT2D eigenvalue weighted by molar-refractivity contribution is 7.99. The van der Waals surface area contributed by atoms with Crippen molar-refractivity contribution in [1.82, 2.24) is 14.9 Å². The van der Waals surface area contributed by atoms with Crippen molar-refractivity contribution < 1.29 is 0 Å². The molecule has 0 N–H and O–H groups in total. The third-order valence-corrected chi connectivity index (χ3v) is 9.25. The second kappa shape index (κ2) is 11.3. The first-order valence-corrected chi connectivity index (χ1v) is 14.2. The Morgan fingerprint density at radius 1 is 1.14 bits per heavy atom. The van der Waals surface area contributed by atoms with Crippen LogP contribution in [0.3, 0.4) is 0 Å². The van der Waals surface area contributed by atoms with Gasteiger partial charge in [-0.3, -0.25) is 0 Å². The maximum Gasteiger partial charge on any atom is 0.147 e. The van der Waals surface area contributed by atoms with Crippen molar-refractivity contribution in [2.45, 2.75) is 55.4 Å². The number of benzene rings is 1. The molecule has 7 heteroatoms. The van der Waals surface area contributed by atoms with Gasteiger partial charge in [0.15, 0.2) is 0 Å². The molecule has 192 valence electrons. The first-order chi connectivity index (χ1) is 18.0. The number of fused-ring (bicyclic) bond motifs is 1. The fraction of sp³-hybridized carbons (Fsp3) is 0.367. The molecular formula is C30H34ClN5S. The summed E-state index contributed by atoms with van der Waals surface area (Å²) in [6.45, 7) is 13.0. The first kappa shape index (κ1) is 25.8. The van der Waals surface area contributed by atoms with E-state index in [0.29, 0.717) is 17.0 Å². The molecule has 2 aliphatic heterocycles. The third kappa shape index (κ3) is 5.55. The van der Waals surface area contributed by atoms with E-state index in [1.807, 2.05) is 54.8 Å². The number of piperidine rings is 1. The maximum absolute atomic E-state index is 6.92. The molecule has 1 aromatic carbocycles. The van der Waals surface area contributed by atoms with Crippen LogP contribution in [0.2, 0.25) is 5.02 Å². The van der Waals surface area contributed by atoms with Crippen molar-refractivity contribution in [2.24, 2.45) is 10.4 Å². The highest BCUT2D eigenvalue weighted by Crippen LogP contribution is 2.47. The summed E-state index contributed by atoms with van der Waals surface area (Å²) in [5, 5.41) is 1.46. The Labute approximate surface area is 229 Å². The van der Waals surface area contributed by atoms with Crippen LogP contribution in [0, 0.1) is 5.41 Å². The fourth-order valence-corrected chi connectivity index (χ4v) is 6.83. The molecule has 1 spiro atoms. The SMILES string of the molecule is C=C/C=C(\C=C/C)CN1C=Nc2ccc(Sc3cnc(N4CCC5(CCCC5)CC4)cn3)c(Cl)c2C1=C. The minimum Gasteiger partial charge on any atom is -0.355 e. The number of anilines is 1. The van der Waals surface area contributed by atoms with E-state index < -0.39 is 0 Å². The number of allylic oxidation sites excluding steroid dienone is 3. The van der Waals surface area contributed by atoms with Gasteiger partial charge in [-0.2, -0.15) is 0 Å². The zero-order valence-electron chi connectivity index (χ0n) is 21.5. The molecule has 3 heterocycles. The van der Waals surface area contributed by atoms with E-state index in [2.05, 4.69) is 29.1 Å². The molecule has 0 bridgehead atoms. The molecule has 0 amide bonds. The summed E-state index contributed by atoms with van der Waals surface area (Å²) in [5.74, 6) is 0.969. The van der Waals surface area contributed by atoms with E-state index in [0.717, 1.165) is 51.3 Å². The van der Waals surface area contributed by atoms with Crippen LogP contribution in [0.15, 0.2) is 82.5 Å². The normalized spacial score (nSPS) is 19.2. The predicted octanol–water partition coefficient (Wildman–Crippen LogP) is 8.08. The van der Waals surface area contributed by atoms with Crippen molar-refractivity contribution >= 4 is 46.9 Å². The topological polar surface area (TPSA) is 44.6 Å². The summed E-state index contributed by atoms with van der Waals surface area (Å²) < 4.78 is 0. The molecule has 1 aliphatic carbocycles. The average Bonchev–Trinajstić information content (AvgIpc) is 3.36. The molecule has 2 aromatic rings. The highest BCUT2D eigenvalue weighted by Gasteiger charge is 2.37. The van der Waals surface area contributed by atoms with Crippen molar-refractivity contribution in [1.29, 1.82) is 0 Å². The predicted molar refractivity (Wildman–Crippen MR) is 157 cm³/mol. The Morgan fingerprint density at radius 3 is 2.59 bits per heavy atom. The number of halogens is 1. The van der Waals surface area contributed by atoms with Crippen LogP contribution < -0.4 is 4.90 Å². The summed E-state index contributed by atoms with van der Waals surface area (Å²) in [5.41, 5.74) is 4.21. The Morgan fingerprint density at radius 2 is 1.92 bits per heavy atom. The molecule has 3 aliphatic rings. The summed E-state index contributed by atoms with van der Waals surface area (Å²) in [7, 11) is 0. The van der Waals surface area contributed by atoms with Gasteiger partial charge in [-0.1, -0.05) is 73.7 Å². The second-order valence-electron chi connectivity index (χ2n) is 10.1. The fourth-order valence-electron chi connectivity index (χ4n) is 5.69. The number of aromatic nitrogens is 2. The highest BCUT2D eigenvalue weighted by atomic mass is 35.5. The zero-order chi connectivity index (χ0) is 25.8. The Bertz CT molecular complexity index is 1250. The molecule has 0 unspecified atom stereocenters. The molecule has 2 fully saturated rings. The van der Waals surface area contributed by atoms with Crippen LogP contribution in [-0.4, -0.2) is 40.8 Å². The summed E-state index contributed by atoms with van der Waals surface area (Å²) in [6, 6.07) is 3.99. The quantitative estimate of drug-likeness (QED) is 0.338. The van der Waals surface area contributed by atoms with E-state index in [-0.39, 0.29) is 0 Å². The molecule has 1 saturated carbocycles. The van der Waals surface area contributed by atoms with Crippen LogP contribution in [0.4, 0.5) is 11.5 Å². The molecule has 5 rings (SSSR count). The van der Waals surface area contributed by atoms with E-state index >= 15 is 0 Å². The molecular weight excluding hydrogens is 498 g/mol. The largest absolute Gasteiger partial charge is 0.355 e. The first-order valence-electron chi connectivity index (χ1n) is 13.0. The van der Waals surface area contributed by atoms with Crippen molar-refractivity contribution in [3.63, 3.8) is 0 Å². The van der Waals surface area contributed by atoms with Crippen molar-refractivity contribution in [3.05, 3.63) is 78.1 Å². The van der Waals surface area contributed by atoms with Crippen LogP contribution in [-0.2, 0) is 0 Å². The Hall–Kier alpha value is -2.83. The van der Waals surface area contributed by atoms with E-state index in [1.54, 1.807) is 6.08 Å². The van der Waals surface area contributed by atoms with Gasteiger partial charge in [0, 0.05) is 35.8 Å². The van der Waals surface area contributed by atoms with E-state index in [1.165, 1.54) is 50.3 Å². The van der Waals surface area contributed by atoms with Crippen LogP contribution in [0.5, 0.6) is 0 Å². The van der Waals surface area contributed by atoms with Crippen LogP contribution >= 0.6 is 23.4 Å². The lowest BCUT2D eigenvalue weighted by atomic mass is 9.77. The van der Waals surface area contributed by atoms with Gasteiger partial charge in [-0.05, 0) is 55.7 Å². The number of rotatable bonds is 7. The van der Waals surface area contributed by atoms with E-state index in [4.69, 9.17) is 21.6 Å². The lowest BCUT2D eigenvalue weighted by Gasteiger charge is -2.39. The standard InChI is InChI=1S/C30H34ClN5S/c1-4-8-23(9-5-2)20-36-21-34-24-10-11-25(29(31)28(24)22(36)3)37-27-19-32-26(18-33-27)35-16-14-30(15-17-35)12-6-7-13-30/h4-5,8-11,18-19,21H,1,3,6-7,12-17,20H2,2H3/b9-5-,23-8+. The maximum atomic E-state index is 6.92. The molecule has 37 heavy (non-hydrogen) atoms. The van der Waals surface area contributed by atoms with Gasteiger partial charge in [0.05, 0.1) is 29.4 Å². The van der Waals surface area contributed by atoms with Crippen molar-refractivity contribution in [3.8, 4) is 0 Å². The summed E-state index contributed by atoms with van der Waals surface area (Å²) >= 11 is 8.44. The smallest absolute Gasteiger partial charge is 0.147 e. The lowest BCUT2D eigenvalue weighted by Crippen LogP contribution is -2.39. The van der Waals surface area contributed by atoms with Gasteiger partial charge >= 0.3 is 0 Å². The molecule has 1 saturated heterocycles. The molecule has 1 aromatic heterocycles. The number of aliphatic imine (C=N–C) groups is 1. The van der Waals surface area contributed by atoms with Gasteiger partial charge < -0.3 is 9.80 Å². The monoisotopic (exact) mass is 531 g/mol. The van der Waals surface area contributed by atoms with Gasteiger partial charge in [0.1, 0.15) is 10.8 Å². The van der Waals surface area contributed by atoms with Gasteiger partial charge in [-0.25, -0.2) is 15.0 Å². The zero-order valence-corrected chi connectivity index (χ0v) is 23.1. The lowest BCUT2D eigenvalue weighted by molar-refractivity contribution is 0.226. The number of hydrogen-bond donors (Lipinski definition) is 0. The van der Waals surface area contributed by atoms with Crippen molar-refractivity contribution in [2.75, 3.05) is 24.5 Å². The summed E-state index contributed by atoms with van der Waals surface area (Å²) in [4.78, 5) is 19.4. The second-order valence-corrected chi connectivity index (χ2v) is 11.5. The molecule has 5 nitrogen and oxygen atoms in total. The summed E-state index contributed by atoms with van der Waals surface area (Å²) in [6.07, 6.45) is 21.6. The Kier molecular flexibility index (Phi) is 7.87. The number of hydrogen-bond acceptors (Lipinski definition) is 6. The van der Waals surface area contributed by atoms with Crippen LogP contribution in [0.25, 0.3) is 5.70 Å². The third-order valence-electron chi connectivity index (χ3n) is 7.76. The van der Waals surface area contributed by atoms with E-state index in [9.17, 15) is 0 Å². The minimum atomic E-state index is 0.600.